The molecule has 0 saturated carbocycles. The highest BCUT2D eigenvalue weighted by Crippen LogP contribution is 2.27. The lowest BCUT2D eigenvalue weighted by Crippen LogP contribution is -2.27. The van der Waals surface area contributed by atoms with E-state index >= 15 is 0 Å². The molecule has 1 aliphatic heterocycles. The Bertz CT molecular complexity index is 622. The Morgan fingerprint density at radius 3 is 3.17 bits per heavy atom. The van der Waals surface area contributed by atoms with Crippen molar-refractivity contribution in [3.05, 3.63) is 23.0 Å². The number of imidazole rings is 1. The Hall–Kier alpha value is -1.77. The molecule has 8 heteroatoms. The lowest BCUT2D eigenvalue weighted by atomic mass is 10.2. The van der Waals surface area contributed by atoms with Gasteiger partial charge in [0.05, 0.1) is 19.0 Å². The SMILES string of the molecule is O=c1nc2nc[nH]c2cn1C1C[C@H](O)[C@@H](CO)O1. The van der Waals surface area contributed by atoms with Gasteiger partial charge in [-0.05, 0) is 0 Å². The molecule has 1 unspecified atom stereocenters. The maximum absolute atomic E-state index is 11.8. The molecule has 3 heterocycles. The van der Waals surface area contributed by atoms with E-state index in [1.165, 1.54) is 10.9 Å². The maximum Gasteiger partial charge on any atom is 0.351 e. The third kappa shape index (κ3) is 1.70. The number of fused-ring (bicyclic) bond motifs is 1. The zero-order chi connectivity index (χ0) is 12.7. The number of aliphatic hydroxyl groups is 2. The molecule has 1 saturated heterocycles. The molecule has 96 valence electrons. The minimum atomic E-state index is -0.788. The second kappa shape index (κ2) is 4.16. The molecule has 0 bridgehead atoms. The van der Waals surface area contributed by atoms with Crippen molar-refractivity contribution in [2.75, 3.05) is 6.61 Å². The van der Waals surface area contributed by atoms with Crippen molar-refractivity contribution in [1.82, 2.24) is 19.5 Å². The summed E-state index contributed by atoms with van der Waals surface area (Å²) in [4.78, 5) is 22.3. The van der Waals surface area contributed by atoms with Crippen molar-refractivity contribution in [3.63, 3.8) is 0 Å². The van der Waals surface area contributed by atoms with Crippen molar-refractivity contribution in [3.8, 4) is 0 Å². The summed E-state index contributed by atoms with van der Waals surface area (Å²) in [6.07, 6.45) is 1.16. The number of hydrogen-bond acceptors (Lipinski definition) is 6. The quantitative estimate of drug-likeness (QED) is 0.616. The minimum Gasteiger partial charge on any atom is -0.394 e. The lowest BCUT2D eigenvalue weighted by molar-refractivity contribution is -0.0457. The van der Waals surface area contributed by atoms with Gasteiger partial charge in [-0.15, -0.1) is 0 Å². The second-order valence-corrected chi connectivity index (χ2v) is 4.19. The maximum atomic E-state index is 11.8. The zero-order valence-electron chi connectivity index (χ0n) is 9.35. The van der Waals surface area contributed by atoms with Crippen molar-refractivity contribution in [2.45, 2.75) is 24.9 Å². The van der Waals surface area contributed by atoms with Gasteiger partial charge in [0.2, 0.25) is 0 Å². The summed E-state index contributed by atoms with van der Waals surface area (Å²) in [6.45, 7) is -0.286. The summed E-state index contributed by atoms with van der Waals surface area (Å²) in [5.41, 5.74) is 0.457. The van der Waals surface area contributed by atoms with E-state index in [-0.39, 0.29) is 13.0 Å². The molecule has 0 radical (unpaired) electrons. The van der Waals surface area contributed by atoms with E-state index in [1.807, 2.05) is 0 Å². The first-order chi connectivity index (χ1) is 8.69. The largest absolute Gasteiger partial charge is 0.394 e. The smallest absolute Gasteiger partial charge is 0.351 e. The van der Waals surface area contributed by atoms with Crippen LogP contribution in [0.3, 0.4) is 0 Å². The Labute approximate surface area is 101 Å². The molecule has 1 fully saturated rings. The molecule has 3 N–H and O–H groups in total. The van der Waals surface area contributed by atoms with E-state index in [0.29, 0.717) is 11.2 Å². The van der Waals surface area contributed by atoms with E-state index in [1.54, 1.807) is 6.20 Å². The predicted molar refractivity (Wildman–Crippen MR) is 59.8 cm³/mol. The van der Waals surface area contributed by atoms with Crippen LogP contribution in [0.25, 0.3) is 11.2 Å². The molecule has 3 rings (SSSR count). The summed E-state index contributed by atoms with van der Waals surface area (Å²) in [7, 11) is 0. The monoisotopic (exact) mass is 252 g/mol. The van der Waals surface area contributed by atoms with Crippen molar-refractivity contribution >= 4 is 11.2 Å². The highest BCUT2D eigenvalue weighted by Gasteiger charge is 2.35. The van der Waals surface area contributed by atoms with Crippen LogP contribution in [0.5, 0.6) is 0 Å². The Morgan fingerprint density at radius 2 is 2.44 bits per heavy atom. The molecule has 0 aromatic carbocycles. The van der Waals surface area contributed by atoms with Crippen LogP contribution in [0.2, 0.25) is 0 Å². The molecule has 0 aliphatic carbocycles. The van der Waals surface area contributed by atoms with Crippen LogP contribution in [-0.2, 0) is 4.74 Å². The van der Waals surface area contributed by atoms with Crippen LogP contribution < -0.4 is 5.69 Å². The van der Waals surface area contributed by atoms with Crippen molar-refractivity contribution < 1.29 is 14.9 Å². The van der Waals surface area contributed by atoms with Crippen LogP contribution in [0.15, 0.2) is 17.3 Å². The van der Waals surface area contributed by atoms with Gasteiger partial charge in [0.1, 0.15) is 17.8 Å². The van der Waals surface area contributed by atoms with E-state index in [4.69, 9.17) is 9.84 Å². The van der Waals surface area contributed by atoms with Crippen LogP contribution in [0.4, 0.5) is 0 Å². The van der Waals surface area contributed by atoms with Gasteiger partial charge in [-0.1, -0.05) is 0 Å². The van der Waals surface area contributed by atoms with E-state index < -0.39 is 24.1 Å². The lowest BCUT2D eigenvalue weighted by Gasteiger charge is -2.13. The van der Waals surface area contributed by atoms with Gasteiger partial charge >= 0.3 is 5.69 Å². The molecular formula is C10H12N4O4. The number of ether oxygens (including phenoxy) is 1. The van der Waals surface area contributed by atoms with E-state index in [2.05, 4.69) is 15.0 Å². The molecule has 0 amide bonds. The summed E-state index contributed by atoms with van der Waals surface area (Å²) in [5, 5.41) is 18.6. The number of nitrogens with one attached hydrogen (secondary N) is 1. The number of aliphatic hydroxyl groups excluding tert-OH is 2. The first-order valence-electron chi connectivity index (χ1n) is 5.55. The molecule has 8 nitrogen and oxygen atoms in total. The average Bonchev–Trinajstić information content (AvgIpc) is 2.93. The summed E-state index contributed by atoms with van der Waals surface area (Å²) in [6, 6.07) is 0. The summed E-state index contributed by atoms with van der Waals surface area (Å²) in [5.74, 6) is 0. The van der Waals surface area contributed by atoms with Gasteiger partial charge in [-0.25, -0.2) is 9.78 Å². The Balaban J connectivity index is 1.99. The average molecular weight is 252 g/mol. The van der Waals surface area contributed by atoms with Gasteiger partial charge in [0.15, 0.2) is 5.65 Å². The number of H-pyrrole nitrogens is 1. The topological polar surface area (TPSA) is 113 Å². The summed E-state index contributed by atoms with van der Waals surface area (Å²) < 4.78 is 6.69. The van der Waals surface area contributed by atoms with Gasteiger partial charge in [-0.3, -0.25) is 4.57 Å². The Morgan fingerprint density at radius 1 is 1.61 bits per heavy atom. The molecule has 18 heavy (non-hydrogen) atoms. The first-order valence-corrected chi connectivity index (χ1v) is 5.55. The zero-order valence-corrected chi connectivity index (χ0v) is 9.35. The van der Waals surface area contributed by atoms with E-state index in [9.17, 15) is 9.90 Å². The Kier molecular flexibility index (Phi) is 2.62. The van der Waals surface area contributed by atoms with Crippen LogP contribution in [0, 0.1) is 0 Å². The first kappa shape index (κ1) is 11.3. The third-order valence-corrected chi connectivity index (χ3v) is 3.03. The van der Waals surface area contributed by atoms with Crippen molar-refractivity contribution in [2.24, 2.45) is 0 Å². The standard InChI is InChI=1S/C10H12N4O4/c15-3-7-6(16)1-8(18-7)14-2-5-9(12-4-11-5)13-10(14)17/h2,4,6-8,15-16H,1,3H2,(H,11,12,13,17)/t6-,7+,8?/m0/s1. The fraction of sp³-hybridized carbons (Fsp3) is 0.500. The number of aromatic nitrogens is 4. The van der Waals surface area contributed by atoms with Gasteiger partial charge in [0, 0.05) is 12.6 Å². The predicted octanol–water partition coefficient (Wildman–Crippen LogP) is -1.24. The third-order valence-electron chi connectivity index (χ3n) is 3.03. The number of hydrogen-bond donors (Lipinski definition) is 3. The van der Waals surface area contributed by atoms with Gasteiger partial charge in [0.25, 0.3) is 0 Å². The summed E-state index contributed by atoms with van der Waals surface area (Å²) >= 11 is 0. The van der Waals surface area contributed by atoms with Crippen LogP contribution >= 0.6 is 0 Å². The number of rotatable bonds is 2. The van der Waals surface area contributed by atoms with Crippen LogP contribution in [0.1, 0.15) is 12.6 Å². The fourth-order valence-corrected chi connectivity index (χ4v) is 2.08. The molecule has 1 aliphatic rings. The molecule has 2 aromatic heterocycles. The highest BCUT2D eigenvalue weighted by molar-refractivity contribution is 5.67. The molecule has 3 atom stereocenters. The molecule has 0 spiro atoms. The number of aromatic amines is 1. The van der Waals surface area contributed by atoms with Gasteiger partial charge in [-0.2, -0.15) is 4.98 Å². The minimum absolute atomic E-state index is 0.243. The van der Waals surface area contributed by atoms with Gasteiger partial charge < -0.3 is 19.9 Å². The van der Waals surface area contributed by atoms with Crippen LogP contribution in [-0.4, -0.2) is 48.5 Å². The number of nitrogens with zero attached hydrogens (tertiary/aromatic N) is 3. The van der Waals surface area contributed by atoms with E-state index in [0.717, 1.165) is 0 Å². The second-order valence-electron chi connectivity index (χ2n) is 4.19. The highest BCUT2D eigenvalue weighted by atomic mass is 16.5. The normalized spacial score (nSPS) is 28.0. The molecule has 2 aromatic rings. The fourth-order valence-electron chi connectivity index (χ4n) is 2.08. The van der Waals surface area contributed by atoms with Crippen molar-refractivity contribution in [1.29, 1.82) is 0 Å². The molecular weight excluding hydrogens is 240 g/mol.